The van der Waals surface area contributed by atoms with Gasteiger partial charge in [0, 0.05) is 29.6 Å². The zero-order valence-electron chi connectivity index (χ0n) is 14.5. The number of aromatic amines is 1. The second kappa shape index (κ2) is 5.87. The molecule has 1 aromatic heterocycles. The molecule has 1 saturated heterocycles. The molecule has 1 amide bonds. The van der Waals surface area contributed by atoms with Crippen LogP contribution in [0.2, 0.25) is 0 Å². The number of nitrogens with one attached hydrogen (secondary N) is 1. The Kier molecular flexibility index (Phi) is 3.48. The highest BCUT2D eigenvalue weighted by molar-refractivity contribution is 5.97. The number of likely N-dealkylation sites (tertiary alicyclic amines) is 1. The second-order valence-corrected chi connectivity index (χ2v) is 7.34. The first kappa shape index (κ1) is 15.4. The summed E-state index contributed by atoms with van der Waals surface area (Å²) >= 11 is 0. The van der Waals surface area contributed by atoms with Crippen LogP contribution in [0.25, 0.3) is 11.0 Å². The lowest BCUT2D eigenvalue weighted by Crippen LogP contribution is -2.49. The van der Waals surface area contributed by atoms with Crippen molar-refractivity contribution in [1.29, 1.82) is 0 Å². The summed E-state index contributed by atoms with van der Waals surface area (Å²) in [5.74, 6) is 0.689. The molecule has 1 aliphatic carbocycles. The third-order valence-corrected chi connectivity index (χ3v) is 5.96. The minimum Gasteiger partial charge on any atom is -0.508 e. The Hall–Kier alpha value is -2.82. The number of aryl methyl sites for hydroxylation is 1. The van der Waals surface area contributed by atoms with Crippen molar-refractivity contribution in [2.45, 2.75) is 37.6 Å². The first-order chi connectivity index (χ1) is 12.7. The summed E-state index contributed by atoms with van der Waals surface area (Å²) in [7, 11) is 0. The van der Waals surface area contributed by atoms with E-state index in [0.29, 0.717) is 11.3 Å². The van der Waals surface area contributed by atoms with Gasteiger partial charge in [-0.2, -0.15) is 0 Å². The van der Waals surface area contributed by atoms with Gasteiger partial charge in [0.15, 0.2) is 0 Å². The molecule has 5 nitrogen and oxygen atoms in total. The molecule has 26 heavy (non-hydrogen) atoms. The Bertz CT molecular complexity index is 994. The molecule has 0 radical (unpaired) electrons. The Morgan fingerprint density at radius 2 is 2.15 bits per heavy atom. The van der Waals surface area contributed by atoms with Crippen molar-refractivity contribution in [2.75, 3.05) is 6.54 Å². The summed E-state index contributed by atoms with van der Waals surface area (Å²) in [5, 5.41) is 10.4. The molecule has 132 valence electrons. The molecule has 3 aromatic rings. The minimum absolute atomic E-state index is 0.0788. The average Bonchev–Trinajstić information content (AvgIpc) is 3.14. The van der Waals surface area contributed by atoms with Gasteiger partial charge >= 0.3 is 0 Å². The van der Waals surface area contributed by atoms with Gasteiger partial charge < -0.3 is 15.0 Å². The summed E-state index contributed by atoms with van der Waals surface area (Å²) in [6.45, 7) is 0.782. The van der Waals surface area contributed by atoms with Crippen LogP contribution < -0.4 is 0 Å². The summed E-state index contributed by atoms with van der Waals surface area (Å²) in [6.07, 6.45) is 5.51. The molecule has 0 bridgehead atoms. The number of hydrogen-bond donors (Lipinski definition) is 2. The SMILES string of the molecule is O=C(c1ccc2nc[nH]c2c1)N1CCC[C@H]2c3c(O)cccc3CC[C@@H]21. The molecule has 0 unspecified atom stereocenters. The number of amides is 1. The van der Waals surface area contributed by atoms with Crippen LogP contribution in [-0.4, -0.2) is 38.5 Å². The number of nitrogens with zero attached hydrogens (tertiary/aromatic N) is 2. The number of piperidine rings is 1. The van der Waals surface area contributed by atoms with Crippen LogP contribution in [0.15, 0.2) is 42.7 Å². The standard InChI is InChI=1S/C21H21N3O2/c25-19-5-1-3-13-7-9-18-15(20(13)19)4-2-10-24(18)21(26)14-6-8-16-17(11-14)23-12-22-16/h1,3,5-6,8,11-12,15,18,25H,2,4,7,9-10H2,(H,22,23)/t15-,18+/m1/s1. The lowest BCUT2D eigenvalue weighted by molar-refractivity contribution is 0.0544. The van der Waals surface area contributed by atoms with Crippen molar-refractivity contribution in [1.82, 2.24) is 14.9 Å². The largest absolute Gasteiger partial charge is 0.508 e. The third-order valence-electron chi connectivity index (χ3n) is 5.96. The summed E-state index contributed by atoms with van der Waals surface area (Å²) in [5.41, 5.74) is 4.75. The number of benzene rings is 2. The van der Waals surface area contributed by atoms with Gasteiger partial charge in [-0.15, -0.1) is 0 Å². The maximum absolute atomic E-state index is 13.2. The predicted molar refractivity (Wildman–Crippen MR) is 99.3 cm³/mol. The summed E-state index contributed by atoms with van der Waals surface area (Å²) < 4.78 is 0. The van der Waals surface area contributed by atoms with Gasteiger partial charge in [0.25, 0.3) is 5.91 Å². The lowest BCUT2D eigenvalue weighted by atomic mass is 9.73. The monoisotopic (exact) mass is 347 g/mol. The van der Waals surface area contributed by atoms with Crippen LogP contribution >= 0.6 is 0 Å². The molecular formula is C21H21N3O2. The van der Waals surface area contributed by atoms with Gasteiger partial charge in [-0.25, -0.2) is 4.98 Å². The van der Waals surface area contributed by atoms with Crippen LogP contribution in [0, 0.1) is 0 Å². The fraction of sp³-hybridized carbons (Fsp3) is 0.333. The fourth-order valence-corrected chi connectivity index (χ4v) is 4.79. The number of carbonyl (C=O) groups is 1. The number of H-pyrrole nitrogens is 1. The van der Waals surface area contributed by atoms with Crippen LogP contribution in [0.3, 0.4) is 0 Å². The molecule has 1 aliphatic heterocycles. The number of aromatic hydroxyl groups is 1. The van der Waals surface area contributed by atoms with E-state index in [-0.39, 0.29) is 17.9 Å². The number of phenols is 1. The van der Waals surface area contributed by atoms with E-state index >= 15 is 0 Å². The van der Waals surface area contributed by atoms with Gasteiger partial charge in [-0.1, -0.05) is 12.1 Å². The number of carbonyl (C=O) groups excluding carboxylic acids is 1. The zero-order chi connectivity index (χ0) is 17.7. The molecule has 0 saturated carbocycles. The maximum Gasteiger partial charge on any atom is 0.254 e. The number of aromatic nitrogens is 2. The van der Waals surface area contributed by atoms with Gasteiger partial charge in [0.2, 0.25) is 0 Å². The molecule has 0 spiro atoms. The highest BCUT2D eigenvalue weighted by atomic mass is 16.3. The molecule has 2 atom stereocenters. The van der Waals surface area contributed by atoms with Crippen molar-refractivity contribution >= 4 is 16.9 Å². The van der Waals surface area contributed by atoms with Gasteiger partial charge in [0.1, 0.15) is 5.75 Å². The van der Waals surface area contributed by atoms with E-state index in [1.54, 1.807) is 12.4 Å². The summed E-state index contributed by atoms with van der Waals surface area (Å²) in [6, 6.07) is 11.6. The number of rotatable bonds is 1. The first-order valence-electron chi connectivity index (χ1n) is 9.27. The Morgan fingerprint density at radius 1 is 1.23 bits per heavy atom. The minimum atomic E-state index is 0.0788. The number of fused-ring (bicyclic) bond motifs is 4. The second-order valence-electron chi connectivity index (χ2n) is 7.34. The Morgan fingerprint density at radius 3 is 3.08 bits per heavy atom. The van der Waals surface area contributed by atoms with E-state index in [0.717, 1.165) is 48.8 Å². The van der Waals surface area contributed by atoms with E-state index in [1.807, 2.05) is 29.2 Å². The highest BCUT2D eigenvalue weighted by Crippen LogP contribution is 2.44. The normalized spacial score (nSPS) is 22.1. The smallest absolute Gasteiger partial charge is 0.254 e. The molecule has 1 fully saturated rings. The quantitative estimate of drug-likeness (QED) is 0.707. The molecule has 5 heteroatoms. The van der Waals surface area contributed by atoms with Crippen molar-refractivity contribution in [3.8, 4) is 5.75 Å². The Labute approximate surface area is 151 Å². The molecule has 2 aromatic carbocycles. The highest BCUT2D eigenvalue weighted by Gasteiger charge is 2.39. The zero-order valence-corrected chi connectivity index (χ0v) is 14.5. The van der Waals surface area contributed by atoms with Gasteiger partial charge in [0.05, 0.1) is 17.4 Å². The average molecular weight is 347 g/mol. The molecule has 5 rings (SSSR count). The third kappa shape index (κ3) is 2.30. The number of hydrogen-bond acceptors (Lipinski definition) is 3. The maximum atomic E-state index is 13.2. The van der Waals surface area contributed by atoms with E-state index in [9.17, 15) is 9.90 Å². The van der Waals surface area contributed by atoms with Crippen LogP contribution in [0.5, 0.6) is 5.75 Å². The molecular weight excluding hydrogens is 326 g/mol. The van der Waals surface area contributed by atoms with Gasteiger partial charge in [-0.05, 0) is 55.5 Å². The Balaban J connectivity index is 1.50. The van der Waals surface area contributed by atoms with Crippen molar-refractivity contribution in [3.05, 3.63) is 59.4 Å². The molecule has 2 N–H and O–H groups in total. The molecule has 2 aliphatic rings. The fourth-order valence-electron chi connectivity index (χ4n) is 4.79. The van der Waals surface area contributed by atoms with E-state index in [4.69, 9.17) is 0 Å². The number of imidazole rings is 1. The topological polar surface area (TPSA) is 69.2 Å². The first-order valence-corrected chi connectivity index (χ1v) is 9.27. The summed E-state index contributed by atoms with van der Waals surface area (Å²) in [4.78, 5) is 22.6. The lowest BCUT2D eigenvalue weighted by Gasteiger charge is -2.45. The van der Waals surface area contributed by atoms with Crippen LogP contribution in [0.1, 0.15) is 46.7 Å². The van der Waals surface area contributed by atoms with Crippen LogP contribution in [0.4, 0.5) is 0 Å². The van der Waals surface area contributed by atoms with E-state index in [2.05, 4.69) is 16.0 Å². The number of phenolic OH excluding ortho intramolecular Hbond substituents is 1. The van der Waals surface area contributed by atoms with E-state index in [1.165, 1.54) is 5.56 Å². The van der Waals surface area contributed by atoms with Crippen molar-refractivity contribution in [2.24, 2.45) is 0 Å². The predicted octanol–water partition coefficient (Wildman–Crippen LogP) is 3.60. The van der Waals surface area contributed by atoms with Gasteiger partial charge in [-0.3, -0.25) is 4.79 Å². The van der Waals surface area contributed by atoms with Crippen molar-refractivity contribution in [3.63, 3.8) is 0 Å². The van der Waals surface area contributed by atoms with Crippen molar-refractivity contribution < 1.29 is 9.90 Å². The van der Waals surface area contributed by atoms with E-state index < -0.39 is 0 Å². The molecule has 2 heterocycles. The van der Waals surface area contributed by atoms with Crippen LogP contribution in [-0.2, 0) is 6.42 Å².